The Labute approximate surface area is 102 Å². The fourth-order valence-electron chi connectivity index (χ4n) is 2.84. The van der Waals surface area contributed by atoms with E-state index in [-0.39, 0.29) is 0 Å². The molecule has 1 nitrogen and oxygen atoms in total. The summed E-state index contributed by atoms with van der Waals surface area (Å²) in [6, 6.07) is 0.690. The zero-order valence-electron chi connectivity index (χ0n) is 11.2. The Morgan fingerprint density at radius 3 is 2.31 bits per heavy atom. The van der Waals surface area contributed by atoms with E-state index in [9.17, 15) is 0 Å². The average molecular weight is 223 g/mol. The van der Waals surface area contributed by atoms with Gasteiger partial charge in [-0.1, -0.05) is 51.7 Å². The lowest BCUT2D eigenvalue weighted by Gasteiger charge is -2.27. The Morgan fingerprint density at radius 1 is 1.19 bits per heavy atom. The van der Waals surface area contributed by atoms with Gasteiger partial charge in [-0.25, -0.2) is 0 Å². The Morgan fingerprint density at radius 2 is 1.81 bits per heavy atom. The third kappa shape index (κ3) is 4.69. The molecule has 16 heavy (non-hydrogen) atoms. The van der Waals surface area contributed by atoms with E-state index in [0.717, 1.165) is 18.9 Å². The van der Waals surface area contributed by atoms with Crippen molar-refractivity contribution in [3.05, 3.63) is 12.2 Å². The molecule has 1 saturated carbocycles. The molecule has 1 aliphatic rings. The first kappa shape index (κ1) is 13.8. The molecule has 0 aromatic carbocycles. The molecule has 0 aromatic heterocycles. The monoisotopic (exact) mass is 223 g/mol. The van der Waals surface area contributed by atoms with E-state index in [0.29, 0.717) is 6.04 Å². The van der Waals surface area contributed by atoms with Gasteiger partial charge in [0.2, 0.25) is 0 Å². The van der Waals surface area contributed by atoms with Crippen LogP contribution in [0.2, 0.25) is 0 Å². The van der Waals surface area contributed by atoms with E-state index in [1.54, 1.807) is 0 Å². The van der Waals surface area contributed by atoms with Gasteiger partial charge in [-0.3, -0.25) is 0 Å². The molecule has 1 N–H and O–H groups in total. The Balaban J connectivity index is 2.48. The molecule has 0 saturated heterocycles. The van der Waals surface area contributed by atoms with Gasteiger partial charge in [0.05, 0.1) is 0 Å². The van der Waals surface area contributed by atoms with Crippen LogP contribution in [0.5, 0.6) is 0 Å². The van der Waals surface area contributed by atoms with E-state index in [1.165, 1.54) is 50.5 Å². The highest BCUT2D eigenvalue weighted by Crippen LogP contribution is 2.28. The number of nitrogens with one attached hydrogen (secondary N) is 1. The van der Waals surface area contributed by atoms with Crippen LogP contribution in [0.1, 0.15) is 65.2 Å². The van der Waals surface area contributed by atoms with Crippen LogP contribution in [0, 0.1) is 5.92 Å². The van der Waals surface area contributed by atoms with Gasteiger partial charge < -0.3 is 5.32 Å². The van der Waals surface area contributed by atoms with Crippen LogP contribution >= 0.6 is 0 Å². The van der Waals surface area contributed by atoms with Gasteiger partial charge in [-0.15, -0.1) is 0 Å². The third-order valence-electron chi connectivity index (χ3n) is 3.94. The second-order valence-corrected chi connectivity index (χ2v) is 5.22. The van der Waals surface area contributed by atoms with Crippen molar-refractivity contribution in [1.29, 1.82) is 0 Å². The highest BCUT2D eigenvalue weighted by molar-refractivity contribution is 4.98. The van der Waals surface area contributed by atoms with E-state index in [2.05, 4.69) is 25.7 Å². The van der Waals surface area contributed by atoms with Crippen molar-refractivity contribution in [2.24, 2.45) is 5.92 Å². The molecule has 0 bridgehead atoms. The quantitative estimate of drug-likeness (QED) is 0.523. The summed E-state index contributed by atoms with van der Waals surface area (Å²) in [4.78, 5) is 0. The number of rotatable bonds is 6. The van der Waals surface area contributed by atoms with Crippen LogP contribution < -0.4 is 5.32 Å². The van der Waals surface area contributed by atoms with Gasteiger partial charge in [0.15, 0.2) is 0 Å². The molecule has 1 rings (SSSR count). The minimum atomic E-state index is 0.690. The standard InChI is InChI=1S/C15H29N/c1-4-13(3)12-15(16-5-2)14-10-8-6-7-9-11-14/h14-16H,3-12H2,1-2H3. The van der Waals surface area contributed by atoms with E-state index < -0.39 is 0 Å². The number of hydrogen-bond acceptors (Lipinski definition) is 1. The van der Waals surface area contributed by atoms with Crippen LogP contribution in [0.25, 0.3) is 0 Å². The van der Waals surface area contributed by atoms with Gasteiger partial charge in [-0.05, 0) is 38.1 Å². The molecule has 1 fully saturated rings. The first-order valence-electron chi connectivity index (χ1n) is 7.18. The lowest BCUT2D eigenvalue weighted by molar-refractivity contribution is 0.320. The first-order valence-corrected chi connectivity index (χ1v) is 7.18. The SMILES string of the molecule is C=C(CC)CC(NCC)C1CCCCCC1. The zero-order valence-corrected chi connectivity index (χ0v) is 11.2. The fourth-order valence-corrected chi connectivity index (χ4v) is 2.84. The topological polar surface area (TPSA) is 12.0 Å². The minimum absolute atomic E-state index is 0.690. The molecule has 0 aromatic rings. The lowest BCUT2D eigenvalue weighted by atomic mass is 9.87. The summed E-state index contributed by atoms with van der Waals surface area (Å²) >= 11 is 0. The molecule has 94 valence electrons. The van der Waals surface area contributed by atoms with Gasteiger partial charge >= 0.3 is 0 Å². The van der Waals surface area contributed by atoms with Crippen LogP contribution in [0.15, 0.2) is 12.2 Å². The van der Waals surface area contributed by atoms with E-state index >= 15 is 0 Å². The van der Waals surface area contributed by atoms with Crippen molar-refractivity contribution in [3.8, 4) is 0 Å². The van der Waals surface area contributed by atoms with Crippen molar-refractivity contribution in [1.82, 2.24) is 5.32 Å². The van der Waals surface area contributed by atoms with Crippen LogP contribution in [0.4, 0.5) is 0 Å². The van der Waals surface area contributed by atoms with Crippen LogP contribution in [0.3, 0.4) is 0 Å². The maximum Gasteiger partial charge on any atom is 0.0132 e. The predicted molar refractivity (Wildman–Crippen MR) is 72.7 cm³/mol. The first-order chi connectivity index (χ1) is 7.77. The van der Waals surface area contributed by atoms with Crippen LogP contribution in [-0.2, 0) is 0 Å². The molecule has 0 aliphatic heterocycles. The largest absolute Gasteiger partial charge is 0.314 e. The van der Waals surface area contributed by atoms with Crippen molar-refractivity contribution < 1.29 is 0 Å². The van der Waals surface area contributed by atoms with Gasteiger partial charge in [0.1, 0.15) is 0 Å². The summed E-state index contributed by atoms with van der Waals surface area (Å²) in [5.74, 6) is 0.894. The second-order valence-electron chi connectivity index (χ2n) is 5.22. The maximum atomic E-state index is 4.17. The molecule has 0 spiro atoms. The number of hydrogen-bond donors (Lipinski definition) is 1. The molecule has 1 unspecified atom stereocenters. The normalized spacial score (nSPS) is 20.4. The third-order valence-corrected chi connectivity index (χ3v) is 3.94. The molecule has 1 atom stereocenters. The van der Waals surface area contributed by atoms with Crippen molar-refractivity contribution in [2.75, 3.05) is 6.54 Å². The van der Waals surface area contributed by atoms with Gasteiger partial charge in [0, 0.05) is 6.04 Å². The molecular weight excluding hydrogens is 194 g/mol. The zero-order chi connectivity index (χ0) is 11.8. The summed E-state index contributed by atoms with van der Waals surface area (Å²) < 4.78 is 0. The Hall–Kier alpha value is -0.300. The summed E-state index contributed by atoms with van der Waals surface area (Å²) in [6.07, 6.45) is 10.9. The fraction of sp³-hybridized carbons (Fsp3) is 0.867. The van der Waals surface area contributed by atoms with Crippen molar-refractivity contribution in [2.45, 2.75) is 71.3 Å². The molecule has 1 heteroatoms. The highest BCUT2D eigenvalue weighted by atomic mass is 14.9. The highest BCUT2D eigenvalue weighted by Gasteiger charge is 2.22. The summed E-state index contributed by atoms with van der Waals surface area (Å²) in [5, 5.41) is 3.68. The van der Waals surface area contributed by atoms with Gasteiger partial charge in [0.25, 0.3) is 0 Å². The van der Waals surface area contributed by atoms with E-state index in [1.807, 2.05) is 0 Å². The summed E-state index contributed by atoms with van der Waals surface area (Å²) in [7, 11) is 0. The Kier molecular flexibility index (Phi) is 6.79. The minimum Gasteiger partial charge on any atom is -0.314 e. The molecular formula is C15H29N. The van der Waals surface area contributed by atoms with Gasteiger partial charge in [-0.2, -0.15) is 0 Å². The lowest BCUT2D eigenvalue weighted by Crippen LogP contribution is -2.36. The predicted octanol–water partition coefficient (Wildman–Crippen LogP) is 4.29. The average Bonchev–Trinajstić information content (AvgIpc) is 2.56. The van der Waals surface area contributed by atoms with Crippen molar-refractivity contribution >= 4 is 0 Å². The smallest absolute Gasteiger partial charge is 0.0132 e. The summed E-state index contributed by atoms with van der Waals surface area (Å²) in [6.45, 7) is 9.71. The van der Waals surface area contributed by atoms with E-state index in [4.69, 9.17) is 0 Å². The summed E-state index contributed by atoms with van der Waals surface area (Å²) in [5.41, 5.74) is 1.41. The second kappa shape index (κ2) is 7.89. The molecule has 1 aliphatic carbocycles. The van der Waals surface area contributed by atoms with Crippen molar-refractivity contribution in [3.63, 3.8) is 0 Å². The molecule has 0 amide bonds. The Bertz CT molecular complexity index is 190. The molecule has 0 heterocycles. The van der Waals surface area contributed by atoms with Crippen LogP contribution in [-0.4, -0.2) is 12.6 Å². The molecule has 0 radical (unpaired) electrons. The maximum absolute atomic E-state index is 4.17.